The van der Waals surface area contributed by atoms with Crippen molar-refractivity contribution in [2.24, 2.45) is 0 Å². The maximum Gasteiger partial charge on any atom is 0.255 e. The van der Waals surface area contributed by atoms with Crippen molar-refractivity contribution < 1.29 is 4.79 Å². The van der Waals surface area contributed by atoms with Gasteiger partial charge in [-0.2, -0.15) is 5.10 Å². The standard InChI is InChI=1S/C28H35N5O/c1-3-31-14-16-32(17-15-31)20-23-10-8-22(9-11-23)18-29-28(34)25-19-30-33(27(25)24-12-13-24)26-7-5-4-6-21(26)2/h4-11,19,24H,3,12-18,20H2,1-2H3,(H,29,34). The first-order valence-electron chi connectivity index (χ1n) is 12.6. The Balaban J connectivity index is 1.21. The molecule has 0 bridgehead atoms. The molecule has 5 rings (SSSR count). The van der Waals surface area contributed by atoms with Gasteiger partial charge in [-0.25, -0.2) is 4.68 Å². The van der Waals surface area contributed by atoms with Crippen LogP contribution >= 0.6 is 0 Å². The van der Waals surface area contributed by atoms with Crippen LogP contribution in [-0.4, -0.2) is 58.2 Å². The average Bonchev–Trinajstić information content (AvgIpc) is 3.62. The number of hydrogen-bond donors (Lipinski definition) is 1. The van der Waals surface area contributed by atoms with Crippen molar-refractivity contribution in [1.82, 2.24) is 24.9 Å². The minimum atomic E-state index is -0.0420. The molecule has 178 valence electrons. The highest BCUT2D eigenvalue weighted by molar-refractivity contribution is 5.95. The summed E-state index contributed by atoms with van der Waals surface area (Å²) < 4.78 is 1.97. The Morgan fingerprint density at radius 1 is 0.971 bits per heavy atom. The molecule has 6 heteroatoms. The lowest BCUT2D eigenvalue weighted by Gasteiger charge is -2.34. The summed E-state index contributed by atoms with van der Waals surface area (Å²) in [5, 5.41) is 7.73. The van der Waals surface area contributed by atoms with Gasteiger partial charge >= 0.3 is 0 Å². The molecule has 1 aliphatic carbocycles. The number of aryl methyl sites for hydroxylation is 1. The number of hydrogen-bond acceptors (Lipinski definition) is 4. The van der Waals surface area contributed by atoms with Crippen molar-refractivity contribution in [3.63, 3.8) is 0 Å². The van der Waals surface area contributed by atoms with E-state index < -0.39 is 0 Å². The van der Waals surface area contributed by atoms with Gasteiger partial charge in [0.1, 0.15) is 0 Å². The zero-order valence-corrected chi connectivity index (χ0v) is 20.3. The number of nitrogens with one attached hydrogen (secondary N) is 1. The van der Waals surface area contributed by atoms with Crippen LogP contribution in [0.4, 0.5) is 0 Å². The van der Waals surface area contributed by atoms with Crippen molar-refractivity contribution in [3.8, 4) is 5.69 Å². The first kappa shape index (κ1) is 22.8. The van der Waals surface area contributed by atoms with Crippen LogP contribution in [0.15, 0.2) is 54.7 Å². The first-order valence-corrected chi connectivity index (χ1v) is 12.6. The predicted molar refractivity (Wildman–Crippen MR) is 135 cm³/mol. The van der Waals surface area contributed by atoms with Gasteiger partial charge in [0.15, 0.2) is 0 Å². The van der Waals surface area contributed by atoms with Crippen molar-refractivity contribution in [2.75, 3.05) is 32.7 Å². The summed E-state index contributed by atoms with van der Waals surface area (Å²) >= 11 is 0. The highest BCUT2D eigenvalue weighted by Gasteiger charge is 2.33. The highest BCUT2D eigenvalue weighted by Crippen LogP contribution is 2.42. The monoisotopic (exact) mass is 457 g/mol. The molecule has 0 spiro atoms. The molecular weight excluding hydrogens is 422 g/mol. The van der Waals surface area contributed by atoms with E-state index >= 15 is 0 Å². The fraction of sp³-hybridized carbons (Fsp3) is 0.429. The molecule has 0 atom stereocenters. The zero-order chi connectivity index (χ0) is 23.5. The maximum absolute atomic E-state index is 13.1. The Labute approximate surface area is 202 Å². The molecular formula is C28H35N5O. The molecule has 2 aliphatic rings. The van der Waals surface area contributed by atoms with Crippen molar-refractivity contribution in [2.45, 2.75) is 45.7 Å². The van der Waals surface area contributed by atoms with E-state index in [4.69, 9.17) is 0 Å². The van der Waals surface area contributed by atoms with Gasteiger partial charge in [0.2, 0.25) is 0 Å². The SMILES string of the molecule is CCN1CCN(Cc2ccc(CNC(=O)c3cnn(-c4ccccc4C)c3C3CC3)cc2)CC1. The van der Waals surface area contributed by atoms with Crippen LogP contribution in [0.5, 0.6) is 0 Å². The molecule has 2 heterocycles. The van der Waals surface area contributed by atoms with Crippen LogP contribution in [-0.2, 0) is 13.1 Å². The van der Waals surface area contributed by atoms with Gasteiger partial charge in [-0.1, -0.05) is 49.4 Å². The largest absolute Gasteiger partial charge is 0.348 e. The normalized spacial score (nSPS) is 17.1. The molecule has 6 nitrogen and oxygen atoms in total. The van der Waals surface area contributed by atoms with E-state index in [1.807, 2.05) is 16.8 Å². The van der Waals surface area contributed by atoms with Gasteiger partial charge < -0.3 is 10.2 Å². The molecule has 2 aromatic carbocycles. The number of amides is 1. The average molecular weight is 458 g/mol. The molecule has 1 N–H and O–H groups in total. The third-order valence-electron chi connectivity index (χ3n) is 7.15. The molecule has 1 aliphatic heterocycles. The van der Waals surface area contributed by atoms with Crippen LogP contribution in [0.25, 0.3) is 5.69 Å². The summed E-state index contributed by atoms with van der Waals surface area (Å²) in [4.78, 5) is 18.1. The molecule has 3 aromatic rings. The van der Waals surface area contributed by atoms with E-state index in [2.05, 4.69) is 70.5 Å². The molecule has 1 aromatic heterocycles. The lowest BCUT2D eigenvalue weighted by molar-refractivity contribution is 0.0950. The number of rotatable bonds is 8. The highest BCUT2D eigenvalue weighted by atomic mass is 16.1. The Morgan fingerprint density at radius 2 is 1.65 bits per heavy atom. The van der Waals surface area contributed by atoms with E-state index in [0.29, 0.717) is 18.0 Å². The first-order chi connectivity index (χ1) is 16.6. The van der Waals surface area contributed by atoms with E-state index in [1.54, 1.807) is 6.20 Å². The molecule has 2 fully saturated rings. The number of benzene rings is 2. The second-order valence-corrected chi connectivity index (χ2v) is 9.63. The number of carbonyl (C=O) groups excluding carboxylic acids is 1. The smallest absolute Gasteiger partial charge is 0.255 e. The number of carbonyl (C=O) groups is 1. The number of para-hydroxylation sites is 1. The molecule has 0 radical (unpaired) electrons. The zero-order valence-electron chi connectivity index (χ0n) is 20.3. The maximum atomic E-state index is 13.1. The van der Waals surface area contributed by atoms with E-state index in [9.17, 15) is 4.79 Å². The van der Waals surface area contributed by atoms with E-state index in [-0.39, 0.29) is 5.91 Å². The fourth-order valence-corrected chi connectivity index (χ4v) is 4.84. The Bertz CT molecular complexity index is 1120. The summed E-state index contributed by atoms with van der Waals surface area (Å²) in [5.41, 5.74) is 6.41. The van der Waals surface area contributed by atoms with Gasteiger partial charge in [-0.3, -0.25) is 9.69 Å². The van der Waals surface area contributed by atoms with Crippen LogP contribution in [0.1, 0.15) is 58.4 Å². The minimum Gasteiger partial charge on any atom is -0.348 e. The van der Waals surface area contributed by atoms with Crippen molar-refractivity contribution >= 4 is 5.91 Å². The summed E-state index contributed by atoms with van der Waals surface area (Å²) in [6.07, 6.45) is 3.97. The number of nitrogens with zero attached hydrogens (tertiary/aromatic N) is 4. The van der Waals surface area contributed by atoms with Gasteiger partial charge in [0, 0.05) is 45.2 Å². The molecule has 34 heavy (non-hydrogen) atoms. The lowest BCUT2D eigenvalue weighted by Crippen LogP contribution is -2.45. The number of likely N-dealkylation sites (N-methyl/N-ethyl adjacent to an activating group) is 1. The van der Waals surface area contributed by atoms with E-state index in [1.165, 1.54) is 5.56 Å². The second kappa shape index (κ2) is 10.1. The predicted octanol–water partition coefficient (Wildman–Crippen LogP) is 4.13. The Morgan fingerprint density at radius 3 is 2.32 bits per heavy atom. The molecule has 0 unspecified atom stereocenters. The Hall–Kier alpha value is -2.96. The topological polar surface area (TPSA) is 53.4 Å². The van der Waals surface area contributed by atoms with Gasteiger partial charge in [-0.15, -0.1) is 0 Å². The van der Waals surface area contributed by atoms with Crippen molar-refractivity contribution in [3.05, 3.63) is 82.7 Å². The van der Waals surface area contributed by atoms with E-state index in [0.717, 1.165) is 74.6 Å². The quantitative estimate of drug-likeness (QED) is 0.553. The third-order valence-corrected chi connectivity index (χ3v) is 7.15. The number of aromatic nitrogens is 2. The van der Waals surface area contributed by atoms with Crippen molar-refractivity contribution in [1.29, 1.82) is 0 Å². The summed E-state index contributed by atoms with van der Waals surface area (Å²) in [6, 6.07) is 16.9. The van der Waals surface area contributed by atoms with Crippen LogP contribution in [0.2, 0.25) is 0 Å². The van der Waals surface area contributed by atoms with Crippen LogP contribution < -0.4 is 5.32 Å². The molecule has 1 saturated heterocycles. The molecule has 1 saturated carbocycles. The van der Waals surface area contributed by atoms with Crippen LogP contribution in [0, 0.1) is 6.92 Å². The second-order valence-electron chi connectivity index (χ2n) is 9.63. The van der Waals surface area contributed by atoms with Gasteiger partial charge in [0.25, 0.3) is 5.91 Å². The van der Waals surface area contributed by atoms with Gasteiger partial charge in [-0.05, 0) is 49.1 Å². The Kier molecular flexibility index (Phi) is 6.79. The van der Waals surface area contributed by atoms with Crippen LogP contribution in [0.3, 0.4) is 0 Å². The number of piperazine rings is 1. The van der Waals surface area contributed by atoms with Gasteiger partial charge in [0.05, 0.1) is 23.1 Å². The molecule has 1 amide bonds. The summed E-state index contributed by atoms with van der Waals surface area (Å²) in [6.45, 7) is 11.5. The lowest BCUT2D eigenvalue weighted by atomic mass is 10.1. The minimum absolute atomic E-state index is 0.0420. The fourth-order valence-electron chi connectivity index (χ4n) is 4.84. The summed E-state index contributed by atoms with van der Waals surface area (Å²) in [7, 11) is 0. The summed E-state index contributed by atoms with van der Waals surface area (Å²) in [5.74, 6) is 0.376. The third kappa shape index (κ3) is 5.08.